The van der Waals surface area contributed by atoms with Crippen molar-refractivity contribution in [1.29, 1.82) is 0 Å². The summed E-state index contributed by atoms with van der Waals surface area (Å²) in [4.78, 5) is 33.4. The molecule has 0 spiro atoms. The van der Waals surface area contributed by atoms with Crippen LogP contribution in [0.15, 0.2) is 12.7 Å². The Morgan fingerprint density at radius 1 is 0.967 bits per heavy atom. The molecule has 1 aliphatic heterocycles. The molecule has 2 amide bonds. The van der Waals surface area contributed by atoms with Crippen LogP contribution < -0.4 is 5.32 Å². The lowest BCUT2D eigenvalue weighted by Crippen LogP contribution is -2.52. The highest BCUT2D eigenvalue weighted by Crippen LogP contribution is 2.61. The van der Waals surface area contributed by atoms with Crippen molar-refractivity contribution in [3.63, 3.8) is 0 Å². The van der Waals surface area contributed by atoms with Gasteiger partial charge in [-0.1, -0.05) is 0 Å². The molecule has 0 radical (unpaired) electrons. The maximum atomic E-state index is 12.7. The normalized spacial score (nSPS) is 33.1. The van der Waals surface area contributed by atoms with Gasteiger partial charge in [0.15, 0.2) is 0 Å². The summed E-state index contributed by atoms with van der Waals surface area (Å²) in [5.41, 5.74) is 0.234. The third-order valence-electron chi connectivity index (χ3n) is 7.97. The zero-order chi connectivity index (χ0) is 20.6. The van der Waals surface area contributed by atoms with Crippen molar-refractivity contribution in [3.8, 4) is 0 Å². The Hall–Kier alpha value is -1.96. The van der Waals surface area contributed by atoms with Crippen LogP contribution in [0.25, 0.3) is 0 Å². The van der Waals surface area contributed by atoms with Crippen molar-refractivity contribution in [2.45, 2.75) is 51.5 Å². The van der Waals surface area contributed by atoms with Crippen LogP contribution in [0.4, 0.5) is 0 Å². The van der Waals surface area contributed by atoms with Gasteiger partial charge in [-0.05, 0) is 61.7 Å². The van der Waals surface area contributed by atoms with E-state index in [9.17, 15) is 9.59 Å². The van der Waals surface area contributed by atoms with Gasteiger partial charge >= 0.3 is 0 Å². The SMILES string of the molecule is O=C(CC12CC3CC(CC(C3)C1)C2)NCC(=O)N1CCN(CCn2cncn2)CC1. The molecule has 5 aliphatic rings. The number of hydrogen-bond donors (Lipinski definition) is 1. The quantitative estimate of drug-likeness (QED) is 0.724. The summed E-state index contributed by atoms with van der Waals surface area (Å²) in [7, 11) is 0. The Morgan fingerprint density at radius 3 is 2.23 bits per heavy atom. The Morgan fingerprint density at radius 2 is 1.63 bits per heavy atom. The van der Waals surface area contributed by atoms with Crippen molar-refractivity contribution in [1.82, 2.24) is 29.9 Å². The van der Waals surface area contributed by atoms with Crippen LogP contribution >= 0.6 is 0 Å². The Labute approximate surface area is 178 Å². The molecule has 8 nitrogen and oxygen atoms in total. The van der Waals surface area contributed by atoms with E-state index < -0.39 is 0 Å². The zero-order valence-electron chi connectivity index (χ0n) is 17.8. The number of rotatable bonds is 7. The summed E-state index contributed by atoms with van der Waals surface area (Å²) in [6.07, 6.45) is 11.8. The molecule has 0 aromatic carbocycles. The van der Waals surface area contributed by atoms with E-state index in [0.717, 1.165) is 57.0 Å². The summed E-state index contributed by atoms with van der Waals surface area (Å²) < 4.78 is 1.83. The minimum Gasteiger partial charge on any atom is -0.347 e. The number of nitrogens with one attached hydrogen (secondary N) is 1. The molecule has 6 rings (SSSR count). The summed E-state index contributed by atoms with van der Waals surface area (Å²) in [5.74, 6) is 2.69. The number of amides is 2. The van der Waals surface area contributed by atoms with Crippen molar-refractivity contribution in [2.75, 3.05) is 39.3 Å². The molecule has 4 aliphatic carbocycles. The lowest BCUT2D eigenvalue weighted by atomic mass is 9.49. The number of carbonyl (C=O) groups is 2. The largest absolute Gasteiger partial charge is 0.347 e. The highest BCUT2D eigenvalue weighted by molar-refractivity contribution is 5.85. The van der Waals surface area contributed by atoms with Gasteiger partial charge in [0, 0.05) is 39.1 Å². The van der Waals surface area contributed by atoms with Gasteiger partial charge in [0.05, 0.1) is 13.1 Å². The van der Waals surface area contributed by atoms with E-state index in [1.165, 1.54) is 38.5 Å². The number of nitrogens with zero attached hydrogens (tertiary/aromatic N) is 5. The lowest BCUT2D eigenvalue weighted by molar-refractivity contribution is -0.136. The van der Waals surface area contributed by atoms with Crippen LogP contribution in [0.2, 0.25) is 0 Å². The Kier molecular flexibility index (Phi) is 5.52. The van der Waals surface area contributed by atoms with Crippen molar-refractivity contribution in [2.24, 2.45) is 23.2 Å². The maximum Gasteiger partial charge on any atom is 0.242 e. The van der Waals surface area contributed by atoms with E-state index in [0.29, 0.717) is 6.42 Å². The van der Waals surface area contributed by atoms with E-state index >= 15 is 0 Å². The number of piperazine rings is 1. The molecule has 0 atom stereocenters. The van der Waals surface area contributed by atoms with Crippen molar-refractivity contribution < 1.29 is 9.59 Å². The summed E-state index contributed by atoms with van der Waals surface area (Å²) in [5, 5.41) is 7.07. The van der Waals surface area contributed by atoms with Gasteiger partial charge in [-0.25, -0.2) is 4.98 Å². The molecule has 1 aromatic heterocycles. The molecule has 4 saturated carbocycles. The second-order valence-corrected chi connectivity index (χ2v) is 10.3. The van der Waals surface area contributed by atoms with E-state index in [4.69, 9.17) is 0 Å². The summed E-state index contributed by atoms with van der Waals surface area (Å²) in [6, 6.07) is 0. The predicted molar refractivity (Wildman–Crippen MR) is 111 cm³/mol. The van der Waals surface area contributed by atoms with Crippen LogP contribution in [-0.4, -0.2) is 75.6 Å². The molecule has 1 aromatic rings. The van der Waals surface area contributed by atoms with E-state index in [-0.39, 0.29) is 23.8 Å². The van der Waals surface area contributed by atoms with Crippen LogP contribution in [0.3, 0.4) is 0 Å². The summed E-state index contributed by atoms with van der Waals surface area (Å²) in [6.45, 7) is 5.04. The summed E-state index contributed by atoms with van der Waals surface area (Å²) >= 11 is 0. The first-order valence-corrected chi connectivity index (χ1v) is 11.7. The molecular formula is C22H34N6O2. The topological polar surface area (TPSA) is 83.4 Å². The maximum absolute atomic E-state index is 12.7. The molecule has 4 bridgehead atoms. The van der Waals surface area contributed by atoms with Gasteiger partial charge in [0.25, 0.3) is 0 Å². The van der Waals surface area contributed by atoms with Crippen LogP contribution in [0.1, 0.15) is 44.9 Å². The minimum atomic E-state index is 0.0461. The van der Waals surface area contributed by atoms with E-state index in [2.05, 4.69) is 20.3 Å². The molecular weight excluding hydrogens is 380 g/mol. The fourth-order valence-electron chi connectivity index (χ4n) is 7.01. The Bertz CT molecular complexity index is 720. The third kappa shape index (κ3) is 4.38. The molecule has 1 saturated heterocycles. The molecule has 8 heteroatoms. The van der Waals surface area contributed by atoms with Crippen molar-refractivity contribution in [3.05, 3.63) is 12.7 Å². The first-order valence-electron chi connectivity index (χ1n) is 11.7. The van der Waals surface area contributed by atoms with Gasteiger partial charge in [-0.15, -0.1) is 0 Å². The number of aromatic nitrogens is 3. The average Bonchev–Trinajstić information content (AvgIpc) is 3.23. The van der Waals surface area contributed by atoms with Gasteiger partial charge in [-0.2, -0.15) is 5.10 Å². The Balaban J connectivity index is 1.03. The fraction of sp³-hybridized carbons (Fsp3) is 0.818. The van der Waals surface area contributed by atoms with Crippen LogP contribution in [0.5, 0.6) is 0 Å². The van der Waals surface area contributed by atoms with Gasteiger partial charge < -0.3 is 10.2 Å². The highest BCUT2D eigenvalue weighted by Gasteiger charge is 2.51. The molecule has 0 unspecified atom stereocenters. The predicted octanol–water partition coefficient (Wildman–Crippen LogP) is 1.15. The minimum absolute atomic E-state index is 0.0461. The molecule has 30 heavy (non-hydrogen) atoms. The molecule has 2 heterocycles. The fourth-order valence-corrected chi connectivity index (χ4v) is 7.01. The average molecular weight is 415 g/mol. The molecule has 5 fully saturated rings. The van der Waals surface area contributed by atoms with Crippen LogP contribution in [-0.2, 0) is 16.1 Å². The van der Waals surface area contributed by atoms with Crippen LogP contribution in [0, 0.1) is 23.2 Å². The van der Waals surface area contributed by atoms with Gasteiger partial charge in [0.2, 0.25) is 11.8 Å². The number of carbonyl (C=O) groups excluding carboxylic acids is 2. The zero-order valence-corrected chi connectivity index (χ0v) is 17.8. The smallest absolute Gasteiger partial charge is 0.242 e. The van der Waals surface area contributed by atoms with E-state index in [1.54, 1.807) is 12.7 Å². The lowest BCUT2D eigenvalue weighted by Gasteiger charge is -2.56. The number of hydrogen-bond acceptors (Lipinski definition) is 5. The second kappa shape index (κ2) is 8.29. The van der Waals surface area contributed by atoms with Gasteiger partial charge in [0.1, 0.15) is 12.7 Å². The second-order valence-electron chi connectivity index (χ2n) is 10.3. The van der Waals surface area contributed by atoms with E-state index in [1.807, 2.05) is 9.58 Å². The first-order chi connectivity index (χ1) is 14.6. The highest BCUT2D eigenvalue weighted by atomic mass is 16.2. The molecule has 164 valence electrons. The first kappa shape index (κ1) is 20.0. The van der Waals surface area contributed by atoms with Crippen molar-refractivity contribution >= 4 is 11.8 Å². The van der Waals surface area contributed by atoms with Gasteiger partial charge in [-0.3, -0.25) is 19.2 Å². The monoisotopic (exact) mass is 414 g/mol. The standard InChI is InChI=1S/C22H34N6O2/c29-20(13-22-10-17-7-18(11-22)9-19(8-17)12-22)24-14-21(30)27-4-1-26(2-5-27)3-6-28-16-23-15-25-28/h15-19H,1-14H2,(H,24,29). The third-order valence-corrected chi connectivity index (χ3v) is 7.97. The molecule has 1 N–H and O–H groups in total.